The molecule has 0 aliphatic heterocycles. The predicted molar refractivity (Wildman–Crippen MR) is 166 cm³/mol. The molecule has 0 fully saturated rings. The number of nitrogens with two attached hydrogens (primary N) is 2. The quantitative estimate of drug-likeness (QED) is 0.0481. The summed E-state index contributed by atoms with van der Waals surface area (Å²) in [7, 11) is 0. The summed E-state index contributed by atoms with van der Waals surface area (Å²) in [6, 6.07) is 36.4. The molecular weight excluding hydrogens is 537 g/mol. The number of thioether (sulfide) groups is 2. The Bertz CT molecular complexity index is 1670. The van der Waals surface area contributed by atoms with Gasteiger partial charge in [0.15, 0.2) is 5.84 Å². The minimum Gasteiger partial charge on any atom is -0.478 e. The van der Waals surface area contributed by atoms with Crippen LogP contribution in [-0.2, 0) is 11.5 Å². The fourth-order valence-electron chi connectivity index (χ4n) is 4.42. The predicted octanol–water partition coefficient (Wildman–Crippen LogP) is 6.87. The molecule has 5 rings (SSSR count). The first-order valence-electron chi connectivity index (χ1n) is 12.6. The third-order valence-corrected chi connectivity index (χ3v) is 8.63. The van der Waals surface area contributed by atoms with Crippen molar-refractivity contribution in [3.8, 4) is 11.1 Å². The van der Waals surface area contributed by atoms with Crippen LogP contribution in [0.2, 0.25) is 0 Å². The monoisotopic (exact) mass is 564 g/mol. The van der Waals surface area contributed by atoms with E-state index in [0.717, 1.165) is 43.9 Å². The third-order valence-electron chi connectivity index (χ3n) is 6.50. The van der Waals surface area contributed by atoms with Crippen LogP contribution in [0.25, 0.3) is 21.9 Å². The van der Waals surface area contributed by atoms with E-state index in [9.17, 15) is 9.90 Å². The smallest absolute Gasteiger partial charge is 0.336 e. The Morgan fingerprint density at radius 3 is 2.12 bits per heavy atom. The summed E-state index contributed by atoms with van der Waals surface area (Å²) in [6.45, 7) is 0. The highest BCUT2D eigenvalue weighted by Crippen LogP contribution is 2.31. The Balaban J connectivity index is 1.20. The first kappa shape index (κ1) is 27.3. The van der Waals surface area contributed by atoms with E-state index in [0.29, 0.717) is 11.4 Å². The van der Waals surface area contributed by atoms with Gasteiger partial charge in [-0.05, 0) is 63.4 Å². The van der Waals surface area contributed by atoms with Gasteiger partial charge >= 0.3 is 5.97 Å². The van der Waals surface area contributed by atoms with E-state index in [1.54, 1.807) is 29.6 Å². The number of hydrazone groups is 1. The van der Waals surface area contributed by atoms with Gasteiger partial charge in [0.25, 0.3) is 0 Å². The number of benzene rings is 5. The maximum absolute atomic E-state index is 11.6. The van der Waals surface area contributed by atoms with Gasteiger partial charge in [-0.3, -0.25) is 0 Å². The van der Waals surface area contributed by atoms with Gasteiger partial charge in [0.2, 0.25) is 0 Å². The Morgan fingerprint density at radius 2 is 1.43 bits per heavy atom. The van der Waals surface area contributed by atoms with Crippen LogP contribution >= 0.6 is 23.5 Å². The van der Waals surface area contributed by atoms with Crippen LogP contribution in [0.4, 0.5) is 0 Å². The van der Waals surface area contributed by atoms with Crippen molar-refractivity contribution in [3.63, 3.8) is 0 Å². The summed E-state index contributed by atoms with van der Waals surface area (Å²) in [6.07, 6.45) is 0. The number of hydrazine groups is 1. The van der Waals surface area contributed by atoms with Crippen LogP contribution < -0.4 is 17.1 Å². The minimum atomic E-state index is -0.902. The number of carboxylic acid groups (broad SMARTS) is 1. The number of fused-ring (bicyclic) bond motifs is 1. The molecular formula is C32H28N4O2S2. The van der Waals surface area contributed by atoms with Crippen LogP contribution in [0.15, 0.2) is 124 Å². The molecule has 0 saturated heterocycles. The van der Waals surface area contributed by atoms with Gasteiger partial charge in [-0.25, -0.2) is 16.2 Å². The molecule has 5 aromatic rings. The number of hydrogen-bond acceptors (Lipinski definition) is 6. The van der Waals surface area contributed by atoms with Crippen molar-refractivity contribution in [1.82, 2.24) is 5.53 Å². The van der Waals surface area contributed by atoms with Gasteiger partial charge < -0.3 is 10.8 Å². The molecule has 0 atom stereocenters. The lowest BCUT2D eigenvalue weighted by Gasteiger charge is -2.10. The fourth-order valence-corrected chi connectivity index (χ4v) is 6.23. The lowest BCUT2D eigenvalue weighted by molar-refractivity contribution is 0.0699. The highest BCUT2D eigenvalue weighted by Gasteiger charge is 2.11. The van der Waals surface area contributed by atoms with Gasteiger partial charge in [0.1, 0.15) is 0 Å². The normalized spacial score (nSPS) is 11.5. The van der Waals surface area contributed by atoms with Crippen LogP contribution in [-0.4, -0.2) is 16.9 Å². The van der Waals surface area contributed by atoms with Gasteiger partial charge in [0.05, 0.1) is 5.56 Å². The van der Waals surface area contributed by atoms with E-state index in [1.165, 1.54) is 16.0 Å². The number of hydrogen-bond donors (Lipinski definition) is 4. The zero-order valence-corrected chi connectivity index (χ0v) is 23.2. The van der Waals surface area contributed by atoms with Crippen LogP contribution in [0.5, 0.6) is 0 Å². The van der Waals surface area contributed by atoms with Crippen LogP contribution in [0.3, 0.4) is 0 Å². The Morgan fingerprint density at radius 1 is 0.750 bits per heavy atom. The number of carbonyl (C=O) groups is 1. The molecule has 40 heavy (non-hydrogen) atoms. The Kier molecular flexibility index (Phi) is 8.71. The molecule has 0 saturated carbocycles. The number of rotatable bonds is 10. The number of nitrogens with zero attached hydrogens (tertiary/aromatic N) is 1. The van der Waals surface area contributed by atoms with E-state index < -0.39 is 5.97 Å². The van der Waals surface area contributed by atoms with Crippen molar-refractivity contribution in [2.45, 2.75) is 21.3 Å². The summed E-state index contributed by atoms with van der Waals surface area (Å²) in [5.74, 6) is 6.28. The second kappa shape index (κ2) is 12.7. The Labute approximate surface area is 241 Å². The average Bonchev–Trinajstić information content (AvgIpc) is 2.99. The van der Waals surface area contributed by atoms with Crippen molar-refractivity contribution in [2.75, 3.05) is 0 Å². The van der Waals surface area contributed by atoms with Crippen LogP contribution in [0, 0.1) is 0 Å². The van der Waals surface area contributed by atoms with Crippen molar-refractivity contribution in [1.29, 1.82) is 0 Å². The van der Waals surface area contributed by atoms with E-state index in [1.807, 2.05) is 48.5 Å². The van der Waals surface area contributed by atoms with Gasteiger partial charge in [-0.1, -0.05) is 78.9 Å². The van der Waals surface area contributed by atoms with E-state index in [4.69, 9.17) is 11.6 Å². The van der Waals surface area contributed by atoms with Gasteiger partial charge in [0, 0.05) is 26.9 Å². The minimum absolute atomic E-state index is 0.337. The first-order chi connectivity index (χ1) is 19.5. The highest BCUT2D eigenvalue weighted by molar-refractivity contribution is 7.98. The number of amidine groups is 1. The molecule has 0 spiro atoms. The first-order valence-corrected chi connectivity index (χ1v) is 14.6. The molecule has 0 unspecified atom stereocenters. The SMILES string of the molecule is NN/N=C(\N)c1cccc(SCc2ccc(-c3ccc(SCc4ccc(C(=O)O)c5ccccc45)cc3)cc2)c1. The molecule has 200 valence electrons. The second-order valence-electron chi connectivity index (χ2n) is 9.08. The maximum atomic E-state index is 11.6. The molecule has 0 radical (unpaired) electrons. The lowest BCUT2D eigenvalue weighted by Crippen LogP contribution is -2.22. The van der Waals surface area contributed by atoms with Crippen molar-refractivity contribution < 1.29 is 9.90 Å². The van der Waals surface area contributed by atoms with Crippen LogP contribution in [0.1, 0.15) is 27.0 Å². The van der Waals surface area contributed by atoms with E-state index >= 15 is 0 Å². The largest absolute Gasteiger partial charge is 0.478 e. The van der Waals surface area contributed by atoms with Crippen molar-refractivity contribution in [2.24, 2.45) is 16.7 Å². The lowest BCUT2D eigenvalue weighted by atomic mass is 10.0. The second-order valence-corrected chi connectivity index (χ2v) is 11.2. The van der Waals surface area contributed by atoms with E-state index in [2.05, 4.69) is 65.2 Å². The summed E-state index contributed by atoms with van der Waals surface area (Å²) in [5, 5.41) is 15.1. The molecule has 0 amide bonds. The zero-order valence-electron chi connectivity index (χ0n) is 21.6. The summed E-state index contributed by atoms with van der Waals surface area (Å²) >= 11 is 3.48. The fraction of sp³-hybridized carbons (Fsp3) is 0.0625. The molecule has 6 N–H and O–H groups in total. The molecule has 0 heterocycles. The topological polar surface area (TPSA) is 114 Å². The zero-order chi connectivity index (χ0) is 27.9. The molecule has 6 nitrogen and oxygen atoms in total. The molecule has 0 aliphatic rings. The molecule has 0 aromatic heterocycles. The molecule has 0 bridgehead atoms. The third kappa shape index (κ3) is 6.48. The van der Waals surface area contributed by atoms with Crippen molar-refractivity contribution in [3.05, 3.63) is 131 Å². The standard InChI is InChI=1S/C32H28N4O2S2/c33-31(35-36-34)24-4-3-5-27(18-24)39-19-21-8-10-22(11-9-21)23-12-15-26(16-13-23)40-20-25-14-17-30(32(37)38)29-7-2-1-6-28(25)29/h1-18,36H,19-20,34H2,(H2,33,35)(H,37,38). The van der Waals surface area contributed by atoms with E-state index in [-0.39, 0.29) is 0 Å². The maximum Gasteiger partial charge on any atom is 0.336 e. The number of carboxylic acids is 1. The summed E-state index contributed by atoms with van der Waals surface area (Å²) < 4.78 is 0. The highest BCUT2D eigenvalue weighted by atomic mass is 32.2. The molecule has 0 aliphatic carbocycles. The Hall–Kier alpha value is -4.24. The number of aromatic carboxylic acids is 1. The molecule has 8 heteroatoms. The van der Waals surface area contributed by atoms with Gasteiger partial charge in [-0.15, -0.1) is 28.6 Å². The average molecular weight is 565 g/mol. The summed E-state index contributed by atoms with van der Waals surface area (Å²) in [4.78, 5) is 13.9. The van der Waals surface area contributed by atoms with Crippen molar-refractivity contribution >= 4 is 46.1 Å². The van der Waals surface area contributed by atoms with Gasteiger partial charge in [-0.2, -0.15) is 0 Å². The summed E-state index contributed by atoms with van der Waals surface area (Å²) in [5.41, 5.74) is 14.0. The molecule has 5 aromatic carbocycles. The number of nitrogens with one attached hydrogen (secondary N) is 1.